The Kier molecular flexibility index (Phi) is 24.1. The maximum absolute atomic E-state index is 13.8. The van der Waals surface area contributed by atoms with Crippen molar-refractivity contribution in [3.8, 4) is 22.5 Å². The molecule has 4 saturated heterocycles. The number of nitrogens with one attached hydrogen (secondary N) is 4. The minimum absolute atomic E-state index is 0.00787. The van der Waals surface area contributed by atoms with Crippen molar-refractivity contribution >= 4 is 81.3 Å². The maximum atomic E-state index is 13.8. The van der Waals surface area contributed by atoms with E-state index in [0.29, 0.717) is 120 Å². The van der Waals surface area contributed by atoms with E-state index >= 15 is 0 Å². The van der Waals surface area contributed by atoms with Crippen LogP contribution < -0.4 is 27.0 Å². The van der Waals surface area contributed by atoms with Crippen molar-refractivity contribution in [1.29, 1.82) is 0 Å². The second-order valence-electron chi connectivity index (χ2n) is 38.4. The summed E-state index contributed by atoms with van der Waals surface area (Å²) in [6, 6.07) is 13.6. The molecule has 22 nitrogen and oxygen atoms in total. The van der Waals surface area contributed by atoms with Gasteiger partial charge in [-0.25, -0.2) is 19.0 Å². The van der Waals surface area contributed by atoms with Crippen molar-refractivity contribution in [2.75, 3.05) is 31.3 Å². The molecule has 7 heterocycles. The van der Waals surface area contributed by atoms with Crippen LogP contribution in [-0.4, -0.2) is 149 Å². The molecule has 11 fully saturated rings. The van der Waals surface area contributed by atoms with Gasteiger partial charge in [-0.1, -0.05) is 109 Å². The van der Waals surface area contributed by atoms with Gasteiger partial charge < -0.3 is 50.5 Å². The summed E-state index contributed by atoms with van der Waals surface area (Å²) in [5.41, 5.74) is 12.5. The van der Waals surface area contributed by atoms with E-state index in [2.05, 4.69) is 131 Å². The molecule has 0 bridgehead atoms. The number of urea groups is 2. The monoisotopic (exact) mass is 1590 g/mol. The highest BCUT2D eigenvalue weighted by atomic mass is 32.2. The molecule has 0 radical (unpaired) electrons. The highest BCUT2D eigenvalue weighted by Crippen LogP contribution is 2.69. The molecule has 4 amide bonds. The number of unbranched alkanes of at least 4 members (excludes halogenated alkanes) is 4. The number of esters is 4. The first-order valence-corrected chi connectivity index (χ1v) is 46.3. The number of benzene rings is 2. The van der Waals surface area contributed by atoms with Crippen molar-refractivity contribution in [2.24, 2.45) is 92.5 Å². The number of hydrogen-bond donors (Lipinski definition) is 5. The van der Waals surface area contributed by atoms with Gasteiger partial charge in [-0.15, -0.1) is 10.2 Å². The van der Waals surface area contributed by atoms with Crippen LogP contribution in [0.25, 0.3) is 44.3 Å². The SMILES string of the molecule is CC([C@H](C)CCC(=O)OCCCCC[C@@H]1SC[C@@H]2NC(=O)N[C@@H]21)C1(C)CCC2[C@@H](CC[C@@H]3C[C@H](OC(=O)Cn4cc(-c5ccc6c7ccc(-c8cn(CC(=O)O[C@@H]9CCC%10(C)C%11CCC%12(C)C([C@H](C)CCC(=O)OCCCCC[C@@H]%13SC[C@@H]%14NC(=O)N[C@@H]%14%13)CC[C@H]%12[C@@H]%11CC[C@@H]%10C9)nn8)cc7n(CCN)c6c5)nn4)CCC23C)C1. The summed E-state index contributed by atoms with van der Waals surface area (Å²) < 4.78 is 29.6. The number of thioether (sulfide) groups is 2. The lowest BCUT2D eigenvalue weighted by Gasteiger charge is -2.61. The number of carbonyl (C=O) groups excluding carboxylic acids is 6. The van der Waals surface area contributed by atoms with Gasteiger partial charge in [0.1, 0.15) is 36.7 Å². The van der Waals surface area contributed by atoms with Crippen LogP contribution in [0.5, 0.6) is 0 Å². The number of aromatic nitrogens is 7. The molecule has 3 aromatic heterocycles. The average molecular weight is 1590 g/mol. The van der Waals surface area contributed by atoms with Gasteiger partial charge >= 0.3 is 35.9 Å². The largest absolute Gasteiger partial charge is 0.466 e. The van der Waals surface area contributed by atoms with Crippen molar-refractivity contribution in [2.45, 2.75) is 301 Å². The van der Waals surface area contributed by atoms with Crippen LogP contribution in [0.15, 0.2) is 48.8 Å². The molecule has 24 heteroatoms. The van der Waals surface area contributed by atoms with E-state index in [0.717, 1.165) is 159 Å². The molecule has 4 aliphatic heterocycles. The molecule has 23 atom stereocenters. The van der Waals surface area contributed by atoms with Gasteiger partial charge in [-0.3, -0.25) is 19.2 Å². The van der Waals surface area contributed by atoms with Crippen LogP contribution in [0.3, 0.4) is 0 Å². The Morgan fingerprint density at radius 2 is 1.10 bits per heavy atom. The van der Waals surface area contributed by atoms with Crippen LogP contribution in [0.2, 0.25) is 0 Å². The van der Waals surface area contributed by atoms with E-state index in [-0.39, 0.29) is 102 Å². The molecule has 8 unspecified atom stereocenters. The van der Waals surface area contributed by atoms with Gasteiger partial charge in [0.05, 0.1) is 49.8 Å². The molecule has 113 heavy (non-hydrogen) atoms. The normalized spacial score (nSPS) is 34.9. The fourth-order valence-electron chi connectivity index (χ4n) is 25.7. The highest BCUT2D eigenvalue weighted by Gasteiger charge is 2.62. The zero-order valence-corrected chi connectivity index (χ0v) is 70.0. The first-order chi connectivity index (χ1) is 54.5. The molecule has 616 valence electrons. The van der Waals surface area contributed by atoms with Crippen LogP contribution >= 0.6 is 23.5 Å². The summed E-state index contributed by atoms with van der Waals surface area (Å²) in [7, 11) is 0. The van der Waals surface area contributed by atoms with Gasteiger partial charge in [0, 0.05) is 80.9 Å². The van der Waals surface area contributed by atoms with Gasteiger partial charge in [-0.2, -0.15) is 23.5 Å². The highest BCUT2D eigenvalue weighted by molar-refractivity contribution is 8.00. The molecule has 11 aliphatic rings. The Labute approximate surface area is 677 Å². The molecule has 16 rings (SSSR count). The number of ether oxygens (including phenoxy) is 4. The third kappa shape index (κ3) is 16.7. The van der Waals surface area contributed by atoms with Crippen molar-refractivity contribution in [3.63, 3.8) is 0 Å². The van der Waals surface area contributed by atoms with Crippen LogP contribution in [0, 0.1) is 86.8 Å². The van der Waals surface area contributed by atoms with Gasteiger partial charge in [-0.05, 0) is 247 Å². The molecular formula is C89H128N12O10S2. The van der Waals surface area contributed by atoms with Crippen LogP contribution in [-0.2, 0) is 57.8 Å². The van der Waals surface area contributed by atoms with Gasteiger partial charge in [0.25, 0.3) is 0 Å². The zero-order valence-electron chi connectivity index (χ0n) is 68.4. The second-order valence-corrected chi connectivity index (χ2v) is 41.0. The Bertz CT molecular complexity index is 4260. The standard InChI is InChI=1S/C89H128N12O10S2/c1-53(16-28-78(102)108-40-12-8-10-14-76-82-72(51-112-76)91-84(106)93-82)55(3)86(4)34-32-67-58(46-86)18-21-59-44-61(30-35-87(59,67)5)110-80(104)49-99-47-70(95-97-99)56-19-23-63-64-24-20-57(43-75(64)101(39-38-90)74(63)42-56)71-48-100(98-96-71)50-81(105)111-62-31-36-88(6)60(45-62)22-25-65-68-27-26-66(89(68,7)37-33-69(65)88)54(2)17-29-79(103)109-41-13-9-11-15-77-83-73(52-113-77)92-85(107)94-83/h19-20,23-24,42-43,47-48,53-55,58-62,65-69,72-73,76-77,82-83H,8-18,21-22,25-41,44-46,49-52,90H2,1-7H3,(H2,91,93,106)(H2,92,94,107)/t53-,54-,55?,58+,59-,60-,61-,62-,65+,66?,67?,68+,69?,72+,73+,76+,77+,82+,83+,86?,87?,88?,89?/m1/s1. The summed E-state index contributed by atoms with van der Waals surface area (Å²) in [5.74, 6) is 7.91. The average Bonchev–Trinajstić information content (AvgIpc) is 1.71. The van der Waals surface area contributed by atoms with Crippen molar-refractivity contribution in [1.82, 2.24) is 55.8 Å². The van der Waals surface area contributed by atoms with E-state index in [4.69, 9.17) is 24.7 Å². The number of amides is 4. The molecule has 7 saturated carbocycles. The molecule has 6 N–H and O–H groups in total. The fraction of sp³-hybridized carbons (Fsp3) is 0.753. The Balaban J connectivity index is 0.456. The number of rotatable bonds is 31. The van der Waals surface area contributed by atoms with Crippen molar-refractivity contribution in [3.05, 3.63) is 48.8 Å². The molecule has 5 aromatic rings. The topological polar surface area (TPSA) is 280 Å². The Hall–Kier alpha value is -6.40. The first kappa shape index (κ1) is 80.4. The van der Waals surface area contributed by atoms with E-state index in [1.807, 2.05) is 35.9 Å². The Morgan fingerprint density at radius 1 is 0.575 bits per heavy atom. The molecular weight excluding hydrogens is 1460 g/mol. The van der Waals surface area contributed by atoms with E-state index < -0.39 is 0 Å². The van der Waals surface area contributed by atoms with E-state index in [1.54, 1.807) is 9.36 Å². The molecule has 7 aliphatic carbocycles. The van der Waals surface area contributed by atoms with Crippen LogP contribution in [0.1, 0.15) is 235 Å². The summed E-state index contributed by atoms with van der Waals surface area (Å²) >= 11 is 3.91. The number of hydrogen-bond acceptors (Lipinski definition) is 17. The lowest BCUT2D eigenvalue weighted by molar-refractivity contribution is -0.163. The fourth-order valence-corrected chi connectivity index (χ4v) is 28.8. The number of nitrogens with two attached hydrogens (primary N) is 1. The summed E-state index contributed by atoms with van der Waals surface area (Å²) in [5, 5.41) is 33.3. The second kappa shape index (κ2) is 33.9. The van der Waals surface area contributed by atoms with Crippen LogP contribution in [0.4, 0.5) is 9.59 Å². The zero-order chi connectivity index (χ0) is 78.5. The van der Waals surface area contributed by atoms with E-state index in [1.165, 1.54) is 70.6 Å². The summed E-state index contributed by atoms with van der Waals surface area (Å²) in [6.07, 6.45) is 33.7. The minimum atomic E-state index is -0.282. The number of nitrogens with zero attached hydrogens (tertiary/aromatic N) is 7. The number of carbonyl (C=O) groups is 6. The predicted molar refractivity (Wildman–Crippen MR) is 441 cm³/mol. The minimum Gasteiger partial charge on any atom is -0.466 e. The van der Waals surface area contributed by atoms with Crippen molar-refractivity contribution < 1.29 is 47.7 Å². The maximum Gasteiger partial charge on any atom is 0.328 e. The quantitative estimate of drug-likeness (QED) is 0.0119. The Morgan fingerprint density at radius 3 is 1.66 bits per heavy atom. The van der Waals surface area contributed by atoms with Gasteiger partial charge in [0.15, 0.2) is 0 Å². The molecule has 0 spiro atoms. The lowest BCUT2D eigenvalue weighted by Crippen LogP contribution is -2.54. The van der Waals surface area contributed by atoms with E-state index in [9.17, 15) is 28.8 Å². The van der Waals surface area contributed by atoms with Gasteiger partial charge in [0.2, 0.25) is 0 Å². The third-order valence-electron chi connectivity index (χ3n) is 32.2. The lowest BCUT2D eigenvalue weighted by atomic mass is 9.44. The molecule has 2 aromatic carbocycles. The predicted octanol–water partition coefficient (Wildman–Crippen LogP) is 15.8. The smallest absolute Gasteiger partial charge is 0.328 e. The first-order valence-electron chi connectivity index (χ1n) is 44.2. The third-order valence-corrected chi connectivity index (χ3v) is 35.2. The summed E-state index contributed by atoms with van der Waals surface area (Å²) in [4.78, 5) is 77.0. The number of fused-ring (bicyclic) bond motifs is 13. The summed E-state index contributed by atoms with van der Waals surface area (Å²) in [6.45, 7) is 19.4.